The van der Waals surface area contributed by atoms with Crippen molar-refractivity contribution in [2.75, 3.05) is 19.7 Å². The molecule has 0 spiro atoms. The maximum Gasteiger partial charge on any atom is 0.260 e. The molecule has 148 valence electrons. The van der Waals surface area contributed by atoms with Crippen LogP contribution in [0.4, 0.5) is 0 Å². The van der Waals surface area contributed by atoms with Gasteiger partial charge in [-0.05, 0) is 56.5 Å². The van der Waals surface area contributed by atoms with Gasteiger partial charge in [-0.15, -0.1) is 11.3 Å². The second-order valence-corrected chi connectivity index (χ2v) is 7.64. The van der Waals surface area contributed by atoms with E-state index in [4.69, 9.17) is 4.74 Å². The number of rotatable bonds is 7. The van der Waals surface area contributed by atoms with Crippen molar-refractivity contribution in [2.45, 2.75) is 33.1 Å². The van der Waals surface area contributed by atoms with E-state index in [2.05, 4.69) is 15.5 Å². The van der Waals surface area contributed by atoms with Gasteiger partial charge in [-0.3, -0.25) is 9.59 Å². The van der Waals surface area contributed by atoms with Gasteiger partial charge in [0.15, 0.2) is 6.61 Å². The summed E-state index contributed by atoms with van der Waals surface area (Å²) in [4.78, 5) is 30.1. The molecule has 7 nitrogen and oxygen atoms in total. The van der Waals surface area contributed by atoms with Crippen LogP contribution in [0.15, 0.2) is 34.7 Å². The molecule has 0 unspecified atom stereocenters. The Hall–Kier alpha value is -2.74. The van der Waals surface area contributed by atoms with Gasteiger partial charge in [-0.2, -0.15) is 5.10 Å². The van der Waals surface area contributed by atoms with E-state index >= 15 is 0 Å². The van der Waals surface area contributed by atoms with Crippen molar-refractivity contribution in [1.29, 1.82) is 0 Å². The van der Waals surface area contributed by atoms with E-state index in [1.165, 1.54) is 11.3 Å². The van der Waals surface area contributed by atoms with Crippen molar-refractivity contribution in [3.63, 3.8) is 0 Å². The lowest BCUT2D eigenvalue weighted by molar-refractivity contribution is -0.132. The number of aryl methyl sites for hydroxylation is 1. The third kappa shape index (κ3) is 5.63. The topological polar surface area (TPSA) is 83.9 Å². The van der Waals surface area contributed by atoms with Crippen molar-refractivity contribution in [3.8, 4) is 5.75 Å². The van der Waals surface area contributed by atoms with E-state index < -0.39 is 0 Å². The molecular formula is C20H24N4O3S. The lowest BCUT2D eigenvalue weighted by Crippen LogP contribution is -2.32. The van der Waals surface area contributed by atoms with Gasteiger partial charge in [0.25, 0.3) is 5.91 Å². The van der Waals surface area contributed by atoms with Crippen LogP contribution in [0.3, 0.4) is 0 Å². The number of hydrogen-bond donors (Lipinski definition) is 1. The molecular weight excluding hydrogens is 376 g/mol. The fourth-order valence-electron chi connectivity index (χ4n) is 2.87. The standard InChI is InChI=1S/C20H24N4O3S/c1-14-13-28-19(21-14)11-18(25)23-22-15(2)16-5-7-17(8-6-16)27-12-20(26)24-9-3-4-10-24/h5-8,13H,3-4,9-12H2,1-2H3,(H,23,25)/b22-15-. The van der Waals surface area contributed by atoms with Crippen LogP contribution >= 0.6 is 11.3 Å². The first-order valence-corrected chi connectivity index (χ1v) is 10.1. The Bertz CT molecular complexity index is 855. The average Bonchev–Trinajstić information content (AvgIpc) is 3.36. The molecule has 28 heavy (non-hydrogen) atoms. The summed E-state index contributed by atoms with van der Waals surface area (Å²) in [7, 11) is 0. The second-order valence-electron chi connectivity index (χ2n) is 6.69. The van der Waals surface area contributed by atoms with E-state index in [0.717, 1.165) is 42.2 Å². The molecule has 0 atom stereocenters. The fraction of sp³-hybridized carbons (Fsp3) is 0.400. The number of nitrogens with one attached hydrogen (secondary N) is 1. The predicted octanol–water partition coefficient (Wildman–Crippen LogP) is 2.54. The highest BCUT2D eigenvalue weighted by Crippen LogP contribution is 2.14. The second kappa shape index (κ2) is 9.45. The SMILES string of the molecule is C/C(=N/NC(=O)Cc1nc(C)cs1)c1ccc(OCC(=O)N2CCCC2)cc1. The quantitative estimate of drug-likeness (QED) is 0.572. The minimum atomic E-state index is -0.200. The number of carbonyl (C=O) groups excluding carboxylic acids is 2. The number of benzene rings is 1. The zero-order valence-corrected chi connectivity index (χ0v) is 16.9. The summed E-state index contributed by atoms with van der Waals surface area (Å²) < 4.78 is 5.57. The van der Waals surface area contributed by atoms with Crippen LogP contribution in [0.2, 0.25) is 0 Å². The number of likely N-dealkylation sites (tertiary alicyclic amines) is 1. The van der Waals surface area contributed by atoms with Crippen molar-refractivity contribution in [1.82, 2.24) is 15.3 Å². The normalized spacial score (nSPS) is 14.2. The van der Waals surface area contributed by atoms with Gasteiger partial charge in [0.05, 0.1) is 12.1 Å². The molecule has 0 aliphatic carbocycles. The molecule has 1 aromatic heterocycles. The summed E-state index contributed by atoms with van der Waals surface area (Å²) in [5.74, 6) is 0.457. The summed E-state index contributed by atoms with van der Waals surface area (Å²) >= 11 is 1.46. The first kappa shape index (κ1) is 20.0. The molecule has 1 aliphatic rings. The van der Waals surface area contributed by atoms with E-state index in [1.807, 2.05) is 36.3 Å². The highest BCUT2D eigenvalue weighted by Gasteiger charge is 2.18. The molecule has 2 aromatic rings. The van der Waals surface area contributed by atoms with E-state index in [-0.39, 0.29) is 24.8 Å². The van der Waals surface area contributed by atoms with Gasteiger partial charge in [-0.25, -0.2) is 10.4 Å². The maximum absolute atomic E-state index is 12.0. The Kier molecular flexibility index (Phi) is 6.76. The predicted molar refractivity (Wildman–Crippen MR) is 109 cm³/mol. The van der Waals surface area contributed by atoms with Gasteiger partial charge in [0, 0.05) is 24.2 Å². The number of aromatic nitrogens is 1. The number of nitrogens with zero attached hydrogens (tertiary/aromatic N) is 3. The molecule has 1 aromatic carbocycles. The van der Waals surface area contributed by atoms with Crippen LogP contribution in [0, 0.1) is 6.92 Å². The molecule has 0 radical (unpaired) electrons. The van der Waals surface area contributed by atoms with Crippen molar-refractivity contribution >= 4 is 28.9 Å². The maximum atomic E-state index is 12.0. The Morgan fingerprint density at radius 3 is 2.61 bits per heavy atom. The number of hydrogen-bond acceptors (Lipinski definition) is 6. The molecule has 8 heteroatoms. The molecule has 1 saturated heterocycles. The number of hydrazone groups is 1. The Labute approximate surface area is 168 Å². The number of carbonyl (C=O) groups is 2. The first-order chi connectivity index (χ1) is 13.5. The van der Waals surface area contributed by atoms with Gasteiger partial charge in [0.2, 0.25) is 5.91 Å². The van der Waals surface area contributed by atoms with Gasteiger partial charge in [0.1, 0.15) is 10.8 Å². The zero-order chi connectivity index (χ0) is 19.9. The highest BCUT2D eigenvalue weighted by atomic mass is 32.1. The molecule has 2 heterocycles. The zero-order valence-electron chi connectivity index (χ0n) is 16.1. The van der Waals surface area contributed by atoms with E-state index in [9.17, 15) is 9.59 Å². The molecule has 1 aliphatic heterocycles. The van der Waals surface area contributed by atoms with Crippen LogP contribution in [0.5, 0.6) is 5.75 Å². The largest absolute Gasteiger partial charge is 0.484 e. The summed E-state index contributed by atoms with van der Waals surface area (Å²) in [6.07, 6.45) is 2.35. The van der Waals surface area contributed by atoms with Crippen molar-refractivity contribution in [2.24, 2.45) is 5.10 Å². The summed E-state index contributed by atoms with van der Waals surface area (Å²) in [5, 5.41) is 6.83. The van der Waals surface area contributed by atoms with Crippen LogP contribution in [0.25, 0.3) is 0 Å². The van der Waals surface area contributed by atoms with Gasteiger partial charge >= 0.3 is 0 Å². The third-order valence-corrected chi connectivity index (χ3v) is 5.39. The van der Waals surface area contributed by atoms with Crippen molar-refractivity contribution in [3.05, 3.63) is 45.9 Å². The van der Waals surface area contributed by atoms with E-state index in [1.54, 1.807) is 12.1 Å². The molecule has 1 fully saturated rings. The highest BCUT2D eigenvalue weighted by molar-refractivity contribution is 7.09. The summed E-state index contributed by atoms with van der Waals surface area (Å²) in [6.45, 7) is 5.42. The fourth-order valence-corrected chi connectivity index (χ4v) is 3.64. The van der Waals surface area contributed by atoms with Crippen LogP contribution in [0.1, 0.15) is 36.0 Å². The summed E-state index contributed by atoms with van der Waals surface area (Å²) in [6, 6.07) is 7.30. The molecule has 3 rings (SSSR count). The smallest absolute Gasteiger partial charge is 0.260 e. The van der Waals surface area contributed by atoms with Crippen LogP contribution in [-0.2, 0) is 16.0 Å². The van der Waals surface area contributed by atoms with Crippen LogP contribution < -0.4 is 10.2 Å². The van der Waals surface area contributed by atoms with Gasteiger partial charge < -0.3 is 9.64 Å². The lowest BCUT2D eigenvalue weighted by Gasteiger charge is -2.15. The Balaban J connectivity index is 1.48. The minimum Gasteiger partial charge on any atom is -0.484 e. The summed E-state index contributed by atoms with van der Waals surface area (Å²) in [5.41, 5.74) is 5.02. The first-order valence-electron chi connectivity index (χ1n) is 9.26. The Morgan fingerprint density at radius 2 is 1.96 bits per heavy atom. The molecule has 2 amide bonds. The van der Waals surface area contributed by atoms with Crippen molar-refractivity contribution < 1.29 is 14.3 Å². The number of thiazole rings is 1. The van der Waals surface area contributed by atoms with Gasteiger partial charge in [-0.1, -0.05) is 0 Å². The molecule has 1 N–H and O–H groups in total. The minimum absolute atomic E-state index is 0.0254. The monoisotopic (exact) mass is 400 g/mol. The van der Waals surface area contributed by atoms with E-state index in [0.29, 0.717) is 11.5 Å². The Morgan fingerprint density at radius 1 is 1.25 bits per heavy atom. The average molecular weight is 401 g/mol. The van der Waals surface area contributed by atoms with Crippen LogP contribution in [-0.4, -0.2) is 47.1 Å². The molecule has 0 saturated carbocycles. The third-order valence-electron chi connectivity index (χ3n) is 4.42. The number of ether oxygens (including phenoxy) is 1. The molecule has 0 bridgehead atoms. The lowest BCUT2D eigenvalue weighted by atomic mass is 10.1. The number of amides is 2.